The summed E-state index contributed by atoms with van der Waals surface area (Å²) in [6.07, 6.45) is 22.1. The molecule has 3 aliphatic carbocycles. The molecule has 4 rings (SSSR count). The van der Waals surface area contributed by atoms with Crippen molar-refractivity contribution in [2.45, 2.75) is 117 Å². The summed E-state index contributed by atoms with van der Waals surface area (Å²) in [4.78, 5) is 12.7. The summed E-state index contributed by atoms with van der Waals surface area (Å²) in [5.41, 5.74) is 6.67. The molecule has 0 aromatic heterocycles. The lowest BCUT2D eigenvalue weighted by Crippen LogP contribution is -2.29. The van der Waals surface area contributed by atoms with Gasteiger partial charge in [-0.3, -0.25) is 0 Å². The second kappa shape index (κ2) is 14.8. The molecule has 1 saturated heterocycles. The number of esters is 1. The van der Waals surface area contributed by atoms with E-state index in [0.29, 0.717) is 18.2 Å². The molecule has 0 aromatic carbocycles. The second-order valence-corrected chi connectivity index (χ2v) is 14.9. The molecule has 3 saturated carbocycles. The Morgan fingerprint density at radius 2 is 1.11 bits per heavy atom. The number of carbonyl (C=O) groups is 1. The van der Waals surface area contributed by atoms with Gasteiger partial charge in [0.05, 0.1) is 10.8 Å². The molecule has 206 valence electrons. The van der Waals surface area contributed by atoms with E-state index in [1.807, 2.05) is 23.5 Å². The van der Waals surface area contributed by atoms with Gasteiger partial charge in [-0.2, -0.15) is 0 Å². The molecule has 0 unspecified atom stereocenters. The van der Waals surface area contributed by atoms with Crippen LogP contribution in [0.1, 0.15) is 117 Å². The third-order valence-corrected chi connectivity index (χ3v) is 13.0. The third kappa shape index (κ3) is 8.10. The molecule has 5 heteroatoms. The zero-order chi connectivity index (χ0) is 25.3. The van der Waals surface area contributed by atoms with Crippen LogP contribution in [-0.4, -0.2) is 24.1 Å². The van der Waals surface area contributed by atoms with E-state index < -0.39 is 0 Å². The van der Waals surface area contributed by atoms with Gasteiger partial charge in [0.2, 0.25) is 0 Å². The molecule has 0 amide bonds. The number of rotatable bonds is 9. The minimum atomic E-state index is -0.278. The summed E-state index contributed by atoms with van der Waals surface area (Å²) in [5.74, 6) is 7.96. The van der Waals surface area contributed by atoms with Gasteiger partial charge >= 0.3 is 5.97 Å². The SMILES string of the molecule is CCCC1CCC(C2CCC(COC(=O)C(N)=C3SCC(C4CCC(CCC)CC4)CS3)CC2)CC1. The maximum Gasteiger partial charge on any atom is 0.355 e. The van der Waals surface area contributed by atoms with Crippen LogP contribution in [0.2, 0.25) is 0 Å². The summed E-state index contributed by atoms with van der Waals surface area (Å²) in [7, 11) is 0. The fourth-order valence-electron chi connectivity index (χ4n) is 7.78. The lowest BCUT2D eigenvalue weighted by atomic mass is 9.69. The Bertz CT molecular complexity index is 691. The van der Waals surface area contributed by atoms with E-state index in [9.17, 15) is 4.79 Å². The molecule has 3 nitrogen and oxygen atoms in total. The van der Waals surface area contributed by atoms with Crippen molar-refractivity contribution in [1.82, 2.24) is 0 Å². The number of nitrogens with two attached hydrogens (primary N) is 1. The molecular weight excluding hydrogens is 482 g/mol. The van der Waals surface area contributed by atoms with Gasteiger partial charge in [0.1, 0.15) is 5.70 Å². The number of hydrogen-bond donors (Lipinski definition) is 1. The monoisotopic (exact) mass is 535 g/mol. The zero-order valence-corrected chi connectivity index (χ0v) is 24.8. The molecule has 2 N–H and O–H groups in total. The molecule has 0 atom stereocenters. The van der Waals surface area contributed by atoms with Crippen LogP contribution in [0.25, 0.3) is 0 Å². The molecule has 0 spiro atoms. The summed E-state index contributed by atoms with van der Waals surface area (Å²) in [5, 5.41) is 0. The predicted molar refractivity (Wildman–Crippen MR) is 157 cm³/mol. The fourth-order valence-corrected chi connectivity index (χ4v) is 10.7. The van der Waals surface area contributed by atoms with Crippen LogP contribution in [0, 0.1) is 41.4 Å². The van der Waals surface area contributed by atoms with Crippen LogP contribution in [-0.2, 0) is 9.53 Å². The maximum atomic E-state index is 12.7. The zero-order valence-electron chi connectivity index (χ0n) is 23.2. The second-order valence-electron chi connectivity index (χ2n) is 12.6. The average Bonchev–Trinajstić information content (AvgIpc) is 2.93. The highest BCUT2D eigenvalue weighted by atomic mass is 32.2. The molecule has 4 aliphatic rings. The summed E-state index contributed by atoms with van der Waals surface area (Å²) in [6.45, 7) is 5.20. The minimum Gasteiger partial charge on any atom is -0.461 e. The van der Waals surface area contributed by atoms with Crippen molar-refractivity contribution in [3.63, 3.8) is 0 Å². The lowest BCUT2D eigenvalue weighted by Gasteiger charge is -2.37. The number of thioether (sulfide) groups is 2. The quantitative estimate of drug-likeness (QED) is 0.236. The van der Waals surface area contributed by atoms with Crippen LogP contribution in [0.15, 0.2) is 9.93 Å². The van der Waals surface area contributed by atoms with Gasteiger partial charge in [0.25, 0.3) is 0 Å². The van der Waals surface area contributed by atoms with Crippen LogP contribution in [0.5, 0.6) is 0 Å². The van der Waals surface area contributed by atoms with E-state index in [4.69, 9.17) is 10.5 Å². The molecule has 4 fully saturated rings. The Hall–Kier alpha value is -0.290. The first-order valence-corrected chi connectivity index (χ1v) is 17.5. The van der Waals surface area contributed by atoms with Crippen molar-refractivity contribution in [3.05, 3.63) is 9.93 Å². The third-order valence-electron chi connectivity index (χ3n) is 10.1. The Kier molecular flexibility index (Phi) is 11.8. The van der Waals surface area contributed by atoms with Gasteiger partial charge in [-0.25, -0.2) is 4.79 Å². The molecule has 1 aliphatic heterocycles. The van der Waals surface area contributed by atoms with Crippen LogP contribution >= 0.6 is 23.5 Å². The van der Waals surface area contributed by atoms with Gasteiger partial charge in [0.15, 0.2) is 0 Å². The highest BCUT2D eigenvalue weighted by Crippen LogP contribution is 2.46. The van der Waals surface area contributed by atoms with Crippen molar-refractivity contribution in [2.75, 3.05) is 18.1 Å². The van der Waals surface area contributed by atoms with Crippen molar-refractivity contribution in [3.8, 4) is 0 Å². The van der Waals surface area contributed by atoms with Crippen LogP contribution in [0.3, 0.4) is 0 Å². The van der Waals surface area contributed by atoms with Crippen molar-refractivity contribution >= 4 is 29.5 Å². The Morgan fingerprint density at radius 3 is 1.56 bits per heavy atom. The van der Waals surface area contributed by atoms with Crippen molar-refractivity contribution in [1.29, 1.82) is 0 Å². The molecule has 0 radical (unpaired) electrons. The van der Waals surface area contributed by atoms with Crippen molar-refractivity contribution < 1.29 is 9.53 Å². The summed E-state index contributed by atoms with van der Waals surface area (Å²) >= 11 is 3.62. The van der Waals surface area contributed by atoms with E-state index in [1.165, 1.54) is 103 Å². The van der Waals surface area contributed by atoms with E-state index in [0.717, 1.165) is 51.3 Å². The van der Waals surface area contributed by atoms with E-state index in [1.54, 1.807) is 0 Å². The smallest absolute Gasteiger partial charge is 0.355 e. The normalized spacial score (nSPS) is 35.8. The molecule has 0 aromatic rings. The highest BCUT2D eigenvalue weighted by molar-refractivity contribution is 8.22. The molecule has 36 heavy (non-hydrogen) atoms. The highest BCUT2D eigenvalue weighted by Gasteiger charge is 2.33. The Morgan fingerprint density at radius 1 is 0.694 bits per heavy atom. The Labute approximate surface area is 230 Å². The summed E-state index contributed by atoms with van der Waals surface area (Å²) < 4.78 is 6.76. The first kappa shape index (κ1) is 28.7. The number of hydrogen-bond acceptors (Lipinski definition) is 5. The molecule has 0 bridgehead atoms. The van der Waals surface area contributed by atoms with Gasteiger partial charge in [0, 0.05) is 11.5 Å². The van der Waals surface area contributed by atoms with Gasteiger partial charge < -0.3 is 10.5 Å². The molecular formula is C31H53NO2S2. The molecule has 1 heterocycles. The summed E-state index contributed by atoms with van der Waals surface area (Å²) in [6, 6.07) is 0. The standard InChI is InChI=1S/C31H53NO2S2/c1-3-5-22-7-13-25(14-8-22)26-17-11-24(12-18-26)19-34-30(33)29(32)31-35-20-28(21-36-31)27-15-9-23(6-4-2)10-16-27/h22-28H,3-21,32H2,1-2H3. The average molecular weight is 536 g/mol. The van der Waals surface area contributed by atoms with E-state index in [-0.39, 0.29) is 5.97 Å². The van der Waals surface area contributed by atoms with Crippen LogP contribution < -0.4 is 5.73 Å². The largest absolute Gasteiger partial charge is 0.461 e. The van der Waals surface area contributed by atoms with Gasteiger partial charge in [-0.15, -0.1) is 23.5 Å². The fraction of sp³-hybridized carbons (Fsp3) is 0.903. The number of ether oxygens (including phenoxy) is 1. The lowest BCUT2D eigenvalue weighted by molar-refractivity contribution is -0.140. The first-order chi connectivity index (χ1) is 17.6. The van der Waals surface area contributed by atoms with E-state index >= 15 is 0 Å². The predicted octanol–water partition coefficient (Wildman–Crippen LogP) is 8.77. The van der Waals surface area contributed by atoms with E-state index in [2.05, 4.69) is 13.8 Å². The maximum absolute atomic E-state index is 12.7. The van der Waals surface area contributed by atoms with Crippen molar-refractivity contribution in [2.24, 2.45) is 47.2 Å². The Balaban J connectivity index is 1.12. The van der Waals surface area contributed by atoms with Crippen LogP contribution in [0.4, 0.5) is 0 Å². The first-order valence-electron chi connectivity index (χ1n) is 15.5. The topological polar surface area (TPSA) is 52.3 Å². The van der Waals surface area contributed by atoms with Gasteiger partial charge in [-0.05, 0) is 92.8 Å². The minimum absolute atomic E-state index is 0.278. The van der Waals surface area contributed by atoms with Gasteiger partial charge in [-0.1, -0.05) is 65.2 Å². The number of carbonyl (C=O) groups excluding carboxylic acids is 1.